The summed E-state index contributed by atoms with van der Waals surface area (Å²) in [6.45, 7) is 1.81. The van der Waals surface area contributed by atoms with Gasteiger partial charge < -0.3 is 9.88 Å². The normalized spacial score (nSPS) is 18.2. The molecule has 3 heterocycles. The topological polar surface area (TPSA) is 66.8 Å². The fourth-order valence-corrected chi connectivity index (χ4v) is 4.38. The van der Waals surface area contributed by atoms with E-state index in [1.54, 1.807) is 0 Å². The van der Waals surface area contributed by atoms with Crippen LogP contribution in [0.3, 0.4) is 0 Å². The maximum atomic E-state index is 12.4. The zero-order chi connectivity index (χ0) is 17.5. The molecule has 6 heteroatoms. The van der Waals surface area contributed by atoms with Crippen LogP contribution in [0.1, 0.15) is 43.1 Å². The number of aromatic nitrogens is 4. The van der Waals surface area contributed by atoms with E-state index in [9.17, 15) is 4.79 Å². The lowest BCUT2D eigenvalue weighted by molar-refractivity contribution is 0.395. The summed E-state index contributed by atoms with van der Waals surface area (Å²) < 4.78 is 1.94. The van der Waals surface area contributed by atoms with Crippen molar-refractivity contribution in [1.29, 1.82) is 0 Å². The van der Waals surface area contributed by atoms with Crippen LogP contribution >= 0.6 is 0 Å². The minimum absolute atomic E-state index is 0.00165. The van der Waals surface area contributed by atoms with E-state index in [4.69, 9.17) is 4.98 Å². The monoisotopic (exact) mass is 349 g/mol. The van der Waals surface area contributed by atoms with Gasteiger partial charge in [-0.25, -0.2) is 9.78 Å². The number of nitrogens with zero attached hydrogens (tertiary/aromatic N) is 4. The number of hydrogen-bond acceptors (Lipinski definition) is 4. The smallest absolute Gasteiger partial charge is 0.326 e. The van der Waals surface area contributed by atoms with Gasteiger partial charge in [-0.2, -0.15) is 0 Å². The molecule has 5 rings (SSSR count). The van der Waals surface area contributed by atoms with Gasteiger partial charge in [0.2, 0.25) is 0 Å². The molecule has 134 valence electrons. The van der Waals surface area contributed by atoms with Crippen molar-refractivity contribution in [2.24, 2.45) is 0 Å². The first-order valence-electron chi connectivity index (χ1n) is 9.58. The van der Waals surface area contributed by atoms with Crippen LogP contribution in [0.2, 0.25) is 0 Å². The molecule has 1 aliphatic heterocycles. The SMILES string of the molecule is O=c1[nH]c2ccccc2n1C1CCN(c2cnc3c(n2)CCCC3)CC1. The summed E-state index contributed by atoms with van der Waals surface area (Å²) in [6, 6.07) is 8.17. The average molecular weight is 349 g/mol. The second-order valence-corrected chi connectivity index (χ2v) is 7.36. The Labute approximate surface area is 151 Å². The largest absolute Gasteiger partial charge is 0.355 e. The molecule has 1 aromatic carbocycles. The lowest BCUT2D eigenvalue weighted by Crippen LogP contribution is -2.37. The van der Waals surface area contributed by atoms with Gasteiger partial charge in [0.05, 0.1) is 28.6 Å². The Balaban J connectivity index is 1.36. The van der Waals surface area contributed by atoms with E-state index in [2.05, 4.69) is 14.9 Å². The average Bonchev–Trinajstić information content (AvgIpc) is 3.03. The molecular formula is C20H23N5O. The van der Waals surface area contributed by atoms with Crippen LogP contribution in [0, 0.1) is 0 Å². The third kappa shape index (κ3) is 2.60. The lowest BCUT2D eigenvalue weighted by atomic mass is 10.0. The quantitative estimate of drug-likeness (QED) is 0.772. The van der Waals surface area contributed by atoms with Crippen molar-refractivity contribution in [2.75, 3.05) is 18.0 Å². The van der Waals surface area contributed by atoms with E-state index < -0.39 is 0 Å². The summed E-state index contributed by atoms with van der Waals surface area (Å²) in [5.74, 6) is 0.996. The molecule has 0 spiro atoms. The first-order chi connectivity index (χ1) is 12.8. The standard InChI is InChI=1S/C20H23N5O/c26-20-23-17-7-3-4-8-18(17)25(20)14-9-11-24(12-10-14)19-13-21-15-5-1-2-6-16(15)22-19/h3-4,7-8,13-14H,1-2,5-6,9-12H2,(H,23,26). The fraction of sp³-hybridized carbons (Fsp3) is 0.450. The van der Waals surface area contributed by atoms with Crippen LogP contribution in [0.5, 0.6) is 0 Å². The summed E-state index contributed by atoms with van der Waals surface area (Å²) in [6.07, 6.45) is 8.39. The number of para-hydroxylation sites is 2. The first-order valence-corrected chi connectivity index (χ1v) is 9.58. The van der Waals surface area contributed by atoms with Crippen LogP contribution in [0.4, 0.5) is 5.82 Å². The van der Waals surface area contributed by atoms with Gasteiger partial charge in [0.25, 0.3) is 0 Å². The number of fused-ring (bicyclic) bond motifs is 2. The zero-order valence-corrected chi connectivity index (χ0v) is 14.8. The minimum atomic E-state index is -0.00165. The number of piperidine rings is 1. The second-order valence-electron chi connectivity index (χ2n) is 7.36. The third-order valence-electron chi connectivity index (χ3n) is 5.77. The number of imidazole rings is 1. The van der Waals surface area contributed by atoms with Gasteiger partial charge in [-0.3, -0.25) is 9.55 Å². The molecule has 0 saturated carbocycles. The van der Waals surface area contributed by atoms with E-state index in [1.165, 1.54) is 24.2 Å². The molecule has 0 amide bonds. The molecule has 3 aromatic rings. The van der Waals surface area contributed by atoms with Crippen LogP contribution in [-0.2, 0) is 12.8 Å². The van der Waals surface area contributed by atoms with Crippen molar-refractivity contribution in [1.82, 2.24) is 19.5 Å². The third-order valence-corrected chi connectivity index (χ3v) is 5.77. The van der Waals surface area contributed by atoms with Gasteiger partial charge in [0, 0.05) is 19.1 Å². The van der Waals surface area contributed by atoms with Gasteiger partial charge in [0.15, 0.2) is 0 Å². The summed E-state index contributed by atoms with van der Waals surface area (Å²) in [7, 11) is 0. The van der Waals surface area contributed by atoms with Crippen LogP contribution in [0.15, 0.2) is 35.3 Å². The van der Waals surface area contributed by atoms with Gasteiger partial charge in [-0.05, 0) is 50.7 Å². The highest BCUT2D eigenvalue weighted by molar-refractivity contribution is 5.75. The summed E-state index contributed by atoms with van der Waals surface area (Å²) in [5, 5.41) is 0. The van der Waals surface area contributed by atoms with Crippen LogP contribution in [-0.4, -0.2) is 32.6 Å². The van der Waals surface area contributed by atoms with Crippen molar-refractivity contribution in [2.45, 2.75) is 44.6 Å². The Kier molecular flexibility index (Phi) is 3.76. The predicted octanol–water partition coefficient (Wildman–Crippen LogP) is 2.84. The van der Waals surface area contributed by atoms with Gasteiger partial charge in [-0.15, -0.1) is 0 Å². The van der Waals surface area contributed by atoms with Crippen molar-refractivity contribution in [3.63, 3.8) is 0 Å². The molecule has 0 atom stereocenters. The highest BCUT2D eigenvalue weighted by Crippen LogP contribution is 2.28. The number of anilines is 1. The maximum Gasteiger partial charge on any atom is 0.326 e. The van der Waals surface area contributed by atoms with E-state index in [1.807, 2.05) is 35.0 Å². The number of hydrogen-bond donors (Lipinski definition) is 1. The van der Waals surface area contributed by atoms with Crippen molar-refractivity contribution in [3.05, 3.63) is 52.3 Å². The molecule has 0 unspecified atom stereocenters. The predicted molar refractivity (Wildman–Crippen MR) is 102 cm³/mol. The van der Waals surface area contributed by atoms with E-state index in [0.717, 1.165) is 55.6 Å². The molecule has 2 aromatic heterocycles. The Bertz CT molecular complexity index is 997. The number of aryl methyl sites for hydroxylation is 2. The molecule has 1 aliphatic carbocycles. The fourth-order valence-electron chi connectivity index (χ4n) is 4.38. The van der Waals surface area contributed by atoms with Crippen LogP contribution < -0.4 is 10.6 Å². The first kappa shape index (κ1) is 15.6. The molecule has 1 N–H and O–H groups in total. The Morgan fingerprint density at radius 2 is 1.81 bits per heavy atom. The van der Waals surface area contributed by atoms with E-state index in [0.29, 0.717) is 0 Å². The lowest BCUT2D eigenvalue weighted by Gasteiger charge is -2.33. The number of aromatic amines is 1. The second kappa shape index (κ2) is 6.27. The Morgan fingerprint density at radius 3 is 2.65 bits per heavy atom. The minimum Gasteiger partial charge on any atom is -0.355 e. The number of nitrogens with one attached hydrogen (secondary N) is 1. The van der Waals surface area contributed by atoms with Gasteiger partial charge >= 0.3 is 5.69 Å². The van der Waals surface area contributed by atoms with Gasteiger partial charge in [-0.1, -0.05) is 12.1 Å². The molecule has 26 heavy (non-hydrogen) atoms. The molecule has 0 bridgehead atoms. The summed E-state index contributed by atoms with van der Waals surface area (Å²) >= 11 is 0. The molecule has 1 fully saturated rings. The Morgan fingerprint density at radius 1 is 1.04 bits per heavy atom. The molecule has 6 nitrogen and oxygen atoms in total. The van der Waals surface area contributed by atoms with Crippen molar-refractivity contribution < 1.29 is 0 Å². The molecular weight excluding hydrogens is 326 g/mol. The van der Waals surface area contributed by atoms with E-state index in [-0.39, 0.29) is 11.7 Å². The number of H-pyrrole nitrogens is 1. The number of rotatable bonds is 2. The van der Waals surface area contributed by atoms with Crippen LogP contribution in [0.25, 0.3) is 11.0 Å². The summed E-state index contributed by atoms with van der Waals surface area (Å²) in [5.41, 5.74) is 4.28. The van der Waals surface area contributed by atoms with Crippen molar-refractivity contribution >= 4 is 16.9 Å². The molecule has 1 saturated heterocycles. The summed E-state index contributed by atoms with van der Waals surface area (Å²) in [4.78, 5) is 27.2. The Hall–Kier alpha value is -2.63. The highest BCUT2D eigenvalue weighted by atomic mass is 16.1. The maximum absolute atomic E-state index is 12.4. The molecule has 0 radical (unpaired) electrons. The zero-order valence-electron chi connectivity index (χ0n) is 14.8. The van der Waals surface area contributed by atoms with Crippen molar-refractivity contribution in [3.8, 4) is 0 Å². The highest BCUT2D eigenvalue weighted by Gasteiger charge is 2.25. The number of benzene rings is 1. The molecule has 2 aliphatic rings. The van der Waals surface area contributed by atoms with Gasteiger partial charge in [0.1, 0.15) is 5.82 Å². The van der Waals surface area contributed by atoms with E-state index >= 15 is 0 Å².